The summed E-state index contributed by atoms with van der Waals surface area (Å²) in [6, 6.07) is 6.45. The number of nitrogens with one attached hydrogen (secondary N) is 1. The van der Waals surface area contributed by atoms with Crippen LogP contribution in [-0.2, 0) is 6.18 Å². The van der Waals surface area contributed by atoms with Crippen LogP contribution in [0.15, 0.2) is 30.0 Å². The van der Waals surface area contributed by atoms with Crippen LogP contribution in [0.3, 0.4) is 0 Å². The number of benzene rings is 1. The average molecular weight is 280 g/mol. The van der Waals surface area contributed by atoms with Crippen molar-refractivity contribution >= 4 is 11.4 Å². The van der Waals surface area contributed by atoms with Crippen LogP contribution in [0.5, 0.6) is 0 Å². The number of allylic oxidation sites excluding steroid dienone is 1. The maximum Gasteiger partial charge on any atom is 0.416 e. The molecule has 0 aliphatic rings. The first-order valence-electron chi connectivity index (χ1n) is 5.45. The highest BCUT2D eigenvalue weighted by Crippen LogP contribution is 2.34. The molecule has 0 heterocycles. The van der Waals surface area contributed by atoms with E-state index in [9.17, 15) is 13.2 Å². The molecular formula is C13H11F3N4. The molecule has 1 N–H and O–H groups in total. The second-order valence-electron chi connectivity index (χ2n) is 4.05. The van der Waals surface area contributed by atoms with Gasteiger partial charge >= 0.3 is 6.18 Å². The third-order valence-corrected chi connectivity index (χ3v) is 2.42. The van der Waals surface area contributed by atoms with Crippen molar-refractivity contribution in [2.75, 3.05) is 24.3 Å². The van der Waals surface area contributed by atoms with E-state index in [0.29, 0.717) is 5.69 Å². The maximum absolute atomic E-state index is 12.7. The molecule has 7 heteroatoms. The predicted molar refractivity (Wildman–Crippen MR) is 68.7 cm³/mol. The van der Waals surface area contributed by atoms with Crippen molar-refractivity contribution in [2.45, 2.75) is 6.18 Å². The van der Waals surface area contributed by atoms with Crippen molar-refractivity contribution in [3.05, 3.63) is 35.5 Å². The summed E-state index contributed by atoms with van der Waals surface area (Å²) in [7, 11) is 3.35. The first kappa shape index (κ1) is 15.4. The lowest BCUT2D eigenvalue weighted by Crippen LogP contribution is -2.13. The standard InChI is InChI=1S/C13H11F3N4/c1-20(2)12-4-3-10(13(14,15)16)5-11(12)19-8-9(6-17)7-18/h3-5,8,19H,1-2H3. The number of hydrogen-bond donors (Lipinski definition) is 1. The molecule has 0 radical (unpaired) electrons. The van der Waals surface area contributed by atoms with Crippen LogP contribution >= 0.6 is 0 Å². The fourth-order valence-electron chi connectivity index (χ4n) is 1.46. The summed E-state index contributed by atoms with van der Waals surface area (Å²) < 4.78 is 38.0. The Morgan fingerprint density at radius 3 is 2.30 bits per heavy atom. The Morgan fingerprint density at radius 1 is 1.25 bits per heavy atom. The van der Waals surface area contributed by atoms with Crippen LogP contribution in [0.1, 0.15) is 5.56 Å². The molecule has 1 aromatic carbocycles. The van der Waals surface area contributed by atoms with E-state index >= 15 is 0 Å². The molecule has 1 aromatic rings. The molecule has 0 aliphatic heterocycles. The molecule has 1 rings (SSSR count). The monoisotopic (exact) mass is 280 g/mol. The number of nitriles is 2. The van der Waals surface area contributed by atoms with Crippen LogP contribution in [-0.4, -0.2) is 14.1 Å². The summed E-state index contributed by atoms with van der Waals surface area (Å²) in [5.74, 6) is 0. The fourth-order valence-corrected chi connectivity index (χ4v) is 1.46. The van der Waals surface area contributed by atoms with Gasteiger partial charge in [-0.15, -0.1) is 0 Å². The quantitative estimate of drug-likeness (QED) is 0.864. The van der Waals surface area contributed by atoms with Gasteiger partial charge in [0, 0.05) is 20.3 Å². The zero-order chi connectivity index (χ0) is 15.3. The van der Waals surface area contributed by atoms with Gasteiger partial charge < -0.3 is 10.2 Å². The third kappa shape index (κ3) is 3.66. The van der Waals surface area contributed by atoms with Crippen molar-refractivity contribution in [1.29, 1.82) is 10.5 Å². The van der Waals surface area contributed by atoms with Gasteiger partial charge in [-0.2, -0.15) is 23.7 Å². The van der Waals surface area contributed by atoms with Gasteiger partial charge in [0.1, 0.15) is 17.7 Å². The van der Waals surface area contributed by atoms with Crippen molar-refractivity contribution in [3.8, 4) is 12.1 Å². The summed E-state index contributed by atoms with van der Waals surface area (Å²) >= 11 is 0. The van der Waals surface area contributed by atoms with Gasteiger partial charge in [0.15, 0.2) is 0 Å². The SMILES string of the molecule is CN(C)c1ccc(C(F)(F)F)cc1NC=C(C#N)C#N. The highest BCUT2D eigenvalue weighted by molar-refractivity contribution is 5.72. The lowest BCUT2D eigenvalue weighted by Gasteiger charge is -2.19. The zero-order valence-electron chi connectivity index (χ0n) is 10.8. The molecule has 0 bridgehead atoms. The number of alkyl halides is 3. The van der Waals surface area contributed by atoms with E-state index in [-0.39, 0.29) is 11.3 Å². The lowest BCUT2D eigenvalue weighted by atomic mass is 10.1. The normalized spacial score (nSPS) is 10.2. The maximum atomic E-state index is 12.7. The second-order valence-corrected chi connectivity index (χ2v) is 4.05. The van der Waals surface area contributed by atoms with Crippen molar-refractivity contribution < 1.29 is 13.2 Å². The van der Waals surface area contributed by atoms with Crippen molar-refractivity contribution in [1.82, 2.24) is 0 Å². The molecule has 0 fully saturated rings. The largest absolute Gasteiger partial charge is 0.416 e. The smallest absolute Gasteiger partial charge is 0.376 e. The van der Waals surface area contributed by atoms with Gasteiger partial charge in [0.25, 0.3) is 0 Å². The van der Waals surface area contributed by atoms with Gasteiger partial charge in [-0.1, -0.05) is 0 Å². The van der Waals surface area contributed by atoms with Crippen LogP contribution in [0.2, 0.25) is 0 Å². The van der Waals surface area contributed by atoms with Crippen LogP contribution in [0.25, 0.3) is 0 Å². The summed E-state index contributed by atoms with van der Waals surface area (Å²) in [4.78, 5) is 1.62. The lowest BCUT2D eigenvalue weighted by molar-refractivity contribution is -0.137. The summed E-state index contributed by atoms with van der Waals surface area (Å²) in [6.45, 7) is 0. The Bertz CT molecular complexity index is 588. The van der Waals surface area contributed by atoms with E-state index < -0.39 is 11.7 Å². The molecule has 4 nitrogen and oxygen atoms in total. The first-order valence-corrected chi connectivity index (χ1v) is 5.45. The minimum atomic E-state index is -4.46. The molecule has 0 saturated heterocycles. The van der Waals surface area contributed by atoms with Crippen molar-refractivity contribution in [2.24, 2.45) is 0 Å². The highest BCUT2D eigenvalue weighted by atomic mass is 19.4. The van der Waals surface area contributed by atoms with Gasteiger partial charge in [-0.25, -0.2) is 0 Å². The molecule has 0 saturated carbocycles. The predicted octanol–water partition coefficient (Wildman–Crippen LogP) is 3.11. The number of nitrogens with zero attached hydrogens (tertiary/aromatic N) is 3. The highest BCUT2D eigenvalue weighted by Gasteiger charge is 2.31. The van der Waals surface area contributed by atoms with E-state index in [0.717, 1.165) is 18.3 Å². The van der Waals surface area contributed by atoms with E-state index in [2.05, 4.69) is 5.32 Å². The molecule has 0 aliphatic carbocycles. The van der Waals surface area contributed by atoms with Crippen molar-refractivity contribution in [3.63, 3.8) is 0 Å². The van der Waals surface area contributed by atoms with Crippen LogP contribution in [0.4, 0.5) is 24.5 Å². The van der Waals surface area contributed by atoms with Crippen LogP contribution in [0, 0.1) is 22.7 Å². The molecule has 0 atom stereocenters. The summed E-state index contributed by atoms with van der Waals surface area (Å²) in [5, 5.41) is 19.8. The number of rotatable bonds is 3. The molecule has 104 valence electrons. The average Bonchev–Trinajstić information content (AvgIpc) is 2.38. The third-order valence-electron chi connectivity index (χ3n) is 2.42. The number of hydrogen-bond acceptors (Lipinski definition) is 4. The van der Waals surface area contributed by atoms with Gasteiger partial charge in [-0.3, -0.25) is 0 Å². The minimum absolute atomic E-state index is 0.160. The van der Waals surface area contributed by atoms with Gasteiger partial charge in [0.2, 0.25) is 0 Å². The van der Waals surface area contributed by atoms with E-state index in [1.807, 2.05) is 0 Å². The Morgan fingerprint density at radius 2 is 1.85 bits per heavy atom. The number of anilines is 2. The molecule has 20 heavy (non-hydrogen) atoms. The Labute approximate surface area is 114 Å². The van der Waals surface area contributed by atoms with E-state index in [4.69, 9.17) is 10.5 Å². The molecular weight excluding hydrogens is 269 g/mol. The zero-order valence-corrected chi connectivity index (χ0v) is 10.8. The fraction of sp³-hybridized carbons (Fsp3) is 0.231. The second kappa shape index (κ2) is 5.98. The topological polar surface area (TPSA) is 62.9 Å². The van der Waals surface area contributed by atoms with Gasteiger partial charge in [-0.05, 0) is 18.2 Å². The molecule has 0 spiro atoms. The Hall–Kier alpha value is -2.67. The number of halogens is 3. The Balaban J connectivity index is 3.24. The molecule has 0 aromatic heterocycles. The first-order chi connectivity index (χ1) is 9.29. The van der Waals surface area contributed by atoms with Gasteiger partial charge in [0.05, 0.1) is 16.9 Å². The molecule has 0 amide bonds. The van der Waals surface area contributed by atoms with E-state index in [1.165, 1.54) is 6.07 Å². The summed E-state index contributed by atoms with van der Waals surface area (Å²) in [5.41, 5.74) is -0.376. The summed E-state index contributed by atoms with van der Waals surface area (Å²) in [6.07, 6.45) is -3.39. The Kier molecular flexibility index (Phi) is 4.60. The minimum Gasteiger partial charge on any atom is -0.376 e. The van der Waals surface area contributed by atoms with Crippen LogP contribution < -0.4 is 10.2 Å². The molecule has 0 unspecified atom stereocenters. The van der Waals surface area contributed by atoms with E-state index in [1.54, 1.807) is 31.1 Å².